The fourth-order valence-corrected chi connectivity index (χ4v) is 3.34. The molecule has 1 fully saturated rings. The lowest BCUT2D eigenvalue weighted by Crippen LogP contribution is -2.60. The fourth-order valence-electron chi connectivity index (χ4n) is 3.34. The van der Waals surface area contributed by atoms with Crippen LogP contribution in [0.25, 0.3) is 10.9 Å². The number of hydrogen-bond donors (Lipinski definition) is 5. The second-order valence-electron chi connectivity index (χ2n) is 6.84. The summed E-state index contributed by atoms with van der Waals surface area (Å²) >= 11 is 0. The minimum atomic E-state index is -1.51. The number of hydrogen-bond acceptors (Lipinski definition) is 8. The Morgan fingerprint density at radius 1 is 0.966 bits per heavy atom. The van der Waals surface area contributed by atoms with Gasteiger partial charge in [-0.15, -0.1) is 0 Å². The molecule has 0 spiro atoms. The highest BCUT2D eigenvalue weighted by atomic mass is 16.7. The predicted molar refractivity (Wildman–Crippen MR) is 106 cm³/mol. The first-order chi connectivity index (χ1) is 14.1. The number of aliphatic hydroxyl groups is 4. The average molecular weight is 398 g/mol. The molecule has 5 atom stereocenters. The number of aliphatic hydroxyl groups excluding tert-OH is 4. The highest BCUT2D eigenvalue weighted by Crippen LogP contribution is 2.31. The second kappa shape index (κ2) is 8.32. The summed E-state index contributed by atoms with van der Waals surface area (Å²) in [5.41, 5.74) is 2.39. The molecule has 8 nitrogen and oxygen atoms in total. The van der Waals surface area contributed by atoms with Gasteiger partial charge in [-0.2, -0.15) is 0 Å². The Kier molecular flexibility index (Phi) is 5.61. The number of aromatic nitrogens is 1. The summed E-state index contributed by atoms with van der Waals surface area (Å²) in [4.78, 5) is 4.31. The third kappa shape index (κ3) is 4.02. The zero-order valence-electron chi connectivity index (χ0n) is 15.4. The first-order valence-corrected chi connectivity index (χ1v) is 9.25. The Bertz CT molecular complexity index is 970. The van der Waals surface area contributed by atoms with E-state index in [1.54, 1.807) is 12.3 Å². The smallest absolute Gasteiger partial charge is 0.195 e. The number of fused-ring (bicyclic) bond motifs is 1. The standard InChI is InChI=1S/C21H22N2O6/c24-11-17-18(25)19(26)20(21(27)29-17)28-16-8-9-22-15-7-6-13(10-14(15)16)23-12-4-2-1-3-5-12/h1-10,17-21,23-27H,11H2/t17?,18-,19?,20-,21+/m1/s1. The van der Waals surface area contributed by atoms with Crippen LogP contribution in [-0.2, 0) is 4.74 Å². The molecule has 0 radical (unpaired) electrons. The van der Waals surface area contributed by atoms with Crippen LogP contribution in [0.2, 0.25) is 0 Å². The molecule has 0 amide bonds. The van der Waals surface area contributed by atoms with Crippen LogP contribution in [0.5, 0.6) is 5.75 Å². The molecule has 2 unspecified atom stereocenters. The lowest BCUT2D eigenvalue weighted by atomic mass is 9.99. The Morgan fingerprint density at radius 2 is 1.76 bits per heavy atom. The number of para-hydroxylation sites is 1. The lowest BCUT2D eigenvalue weighted by Gasteiger charge is -2.39. The van der Waals surface area contributed by atoms with Gasteiger partial charge in [-0.3, -0.25) is 4.98 Å². The van der Waals surface area contributed by atoms with Gasteiger partial charge in [0.15, 0.2) is 12.4 Å². The molecule has 4 rings (SSSR count). The zero-order valence-corrected chi connectivity index (χ0v) is 15.4. The van der Waals surface area contributed by atoms with E-state index in [9.17, 15) is 20.4 Å². The summed E-state index contributed by atoms with van der Waals surface area (Å²) in [6.07, 6.45) is -5.11. The first kappa shape index (κ1) is 19.6. The van der Waals surface area contributed by atoms with Crippen molar-refractivity contribution in [3.05, 3.63) is 60.8 Å². The van der Waals surface area contributed by atoms with Gasteiger partial charge >= 0.3 is 0 Å². The summed E-state index contributed by atoms with van der Waals surface area (Å²) in [7, 11) is 0. The van der Waals surface area contributed by atoms with Gasteiger partial charge in [0.2, 0.25) is 0 Å². The SMILES string of the molecule is OCC1O[C@H](O)[C@H](Oc2ccnc3ccc(Nc4ccccc4)cc23)C(O)[C@@H]1O. The van der Waals surface area contributed by atoms with Crippen molar-refractivity contribution in [2.45, 2.75) is 30.7 Å². The van der Waals surface area contributed by atoms with Gasteiger partial charge in [-0.05, 0) is 36.4 Å². The van der Waals surface area contributed by atoms with E-state index in [0.717, 1.165) is 11.4 Å². The van der Waals surface area contributed by atoms with Crippen molar-refractivity contribution in [2.75, 3.05) is 11.9 Å². The molecule has 0 bridgehead atoms. The Labute approximate surface area is 167 Å². The van der Waals surface area contributed by atoms with Crippen molar-refractivity contribution in [3.8, 4) is 5.75 Å². The van der Waals surface area contributed by atoms with E-state index in [1.807, 2.05) is 48.5 Å². The highest BCUT2D eigenvalue weighted by molar-refractivity contribution is 5.88. The molecule has 1 aliphatic heterocycles. The summed E-state index contributed by atoms with van der Waals surface area (Å²) in [5, 5.41) is 43.8. The van der Waals surface area contributed by atoms with Crippen LogP contribution in [0.3, 0.4) is 0 Å². The van der Waals surface area contributed by atoms with Crippen molar-refractivity contribution < 1.29 is 29.9 Å². The van der Waals surface area contributed by atoms with Crippen LogP contribution >= 0.6 is 0 Å². The van der Waals surface area contributed by atoms with Gasteiger partial charge in [0.25, 0.3) is 0 Å². The van der Waals surface area contributed by atoms with Crippen molar-refractivity contribution in [2.24, 2.45) is 0 Å². The minimum Gasteiger partial charge on any atom is -0.482 e. The van der Waals surface area contributed by atoms with E-state index in [1.165, 1.54) is 0 Å². The molecule has 1 aromatic heterocycles. The van der Waals surface area contributed by atoms with Crippen LogP contribution in [0, 0.1) is 0 Å². The van der Waals surface area contributed by atoms with E-state index < -0.39 is 37.3 Å². The molecule has 5 N–H and O–H groups in total. The Hall–Kier alpha value is -2.75. The van der Waals surface area contributed by atoms with Gasteiger partial charge in [0, 0.05) is 23.0 Å². The van der Waals surface area contributed by atoms with Gasteiger partial charge in [-0.1, -0.05) is 18.2 Å². The maximum absolute atomic E-state index is 10.3. The number of benzene rings is 2. The normalized spacial score (nSPS) is 27.0. The third-order valence-corrected chi connectivity index (χ3v) is 4.87. The molecule has 8 heteroatoms. The van der Waals surface area contributed by atoms with Gasteiger partial charge < -0.3 is 35.2 Å². The fraction of sp³-hybridized carbons (Fsp3) is 0.286. The second-order valence-corrected chi connectivity index (χ2v) is 6.84. The van der Waals surface area contributed by atoms with E-state index in [-0.39, 0.29) is 0 Å². The molecule has 29 heavy (non-hydrogen) atoms. The van der Waals surface area contributed by atoms with Crippen molar-refractivity contribution >= 4 is 22.3 Å². The Morgan fingerprint density at radius 3 is 2.52 bits per heavy atom. The van der Waals surface area contributed by atoms with Crippen molar-refractivity contribution in [1.82, 2.24) is 4.98 Å². The van der Waals surface area contributed by atoms with E-state index in [4.69, 9.17) is 9.47 Å². The van der Waals surface area contributed by atoms with Crippen LogP contribution in [-0.4, -0.2) is 62.7 Å². The van der Waals surface area contributed by atoms with Crippen LogP contribution in [0.15, 0.2) is 60.8 Å². The maximum Gasteiger partial charge on any atom is 0.195 e. The number of nitrogens with one attached hydrogen (secondary N) is 1. The predicted octanol–water partition coefficient (Wildman–Crippen LogP) is 1.16. The maximum atomic E-state index is 10.3. The summed E-state index contributed by atoms with van der Waals surface area (Å²) in [6, 6.07) is 16.8. The number of ether oxygens (including phenoxy) is 2. The Balaban J connectivity index is 1.62. The monoisotopic (exact) mass is 398 g/mol. The molecule has 1 saturated heterocycles. The largest absolute Gasteiger partial charge is 0.482 e. The van der Waals surface area contributed by atoms with Crippen LogP contribution < -0.4 is 10.1 Å². The number of anilines is 2. The molecule has 0 aliphatic carbocycles. The number of rotatable bonds is 5. The van der Waals surface area contributed by atoms with Gasteiger partial charge in [0.1, 0.15) is 24.1 Å². The third-order valence-electron chi connectivity index (χ3n) is 4.87. The van der Waals surface area contributed by atoms with E-state index in [0.29, 0.717) is 16.7 Å². The molecule has 2 aromatic carbocycles. The van der Waals surface area contributed by atoms with Crippen molar-refractivity contribution in [3.63, 3.8) is 0 Å². The number of nitrogens with zero attached hydrogens (tertiary/aromatic N) is 1. The summed E-state index contributed by atoms with van der Waals surface area (Å²) < 4.78 is 11.0. The summed E-state index contributed by atoms with van der Waals surface area (Å²) in [5.74, 6) is 0.369. The van der Waals surface area contributed by atoms with E-state index >= 15 is 0 Å². The average Bonchev–Trinajstić information content (AvgIpc) is 2.74. The van der Waals surface area contributed by atoms with E-state index in [2.05, 4.69) is 10.3 Å². The lowest BCUT2D eigenvalue weighted by molar-refractivity contribution is -0.280. The topological polar surface area (TPSA) is 124 Å². The molecular weight excluding hydrogens is 376 g/mol. The molecule has 3 aromatic rings. The molecule has 1 aliphatic rings. The zero-order chi connectivity index (χ0) is 20.4. The number of pyridine rings is 1. The summed E-state index contributed by atoms with van der Waals surface area (Å²) in [6.45, 7) is -0.533. The van der Waals surface area contributed by atoms with Gasteiger partial charge in [0.05, 0.1) is 12.1 Å². The molecule has 0 saturated carbocycles. The molecular formula is C21H22N2O6. The van der Waals surface area contributed by atoms with Gasteiger partial charge in [-0.25, -0.2) is 0 Å². The minimum absolute atomic E-state index is 0.369. The first-order valence-electron chi connectivity index (χ1n) is 9.25. The molecule has 2 heterocycles. The quantitative estimate of drug-likeness (QED) is 0.434. The van der Waals surface area contributed by atoms with Crippen LogP contribution in [0.4, 0.5) is 11.4 Å². The molecule has 152 valence electrons. The van der Waals surface area contributed by atoms with Crippen molar-refractivity contribution in [1.29, 1.82) is 0 Å². The highest BCUT2D eigenvalue weighted by Gasteiger charge is 2.45. The van der Waals surface area contributed by atoms with Crippen LogP contribution in [0.1, 0.15) is 0 Å².